The summed E-state index contributed by atoms with van der Waals surface area (Å²) in [5, 5.41) is 3.82. The van der Waals surface area contributed by atoms with Gasteiger partial charge in [-0.1, -0.05) is 29.3 Å². The van der Waals surface area contributed by atoms with Gasteiger partial charge in [-0.2, -0.15) is 0 Å². The smallest absolute Gasteiger partial charge is 0.142 e. The van der Waals surface area contributed by atoms with E-state index in [0.717, 1.165) is 5.69 Å². The Morgan fingerprint density at radius 3 is 2.50 bits per heavy atom. The molecule has 1 N–H and O–H groups in total. The summed E-state index contributed by atoms with van der Waals surface area (Å²) in [4.78, 5) is 4.29. The highest BCUT2D eigenvalue weighted by Crippen LogP contribution is 2.29. The molecular formula is C15H15Cl2FN2. The summed E-state index contributed by atoms with van der Waals surface area (Å²) in [6, 6.07) is 8.44. The minimum absolute atomic E-state index is 0.0287. The van der Waals surface area contributed by atoms with Crippen LogP contribution in [0, 0.1) is 5.82 Å². The molecule has 0 aliphatic heterocycles. The van der Waals surface area contributed by atoms with Crippen molar-refractivity contribution in [1.29, 1.82) is 0 Å². The SMILES string of the molecule is CC(N[C@H](C)c1ccccn1)c1cc(F)c(Cl)cc1Cl. The van der Waals surface area contributed by atoms with Crippen LogP contribution in [0.25, 0.3) is 0 Å². The number of nitrogens with zero attached hydrogens (tertiary/aromatic N) is 1. The highest BCUT2D eigenvalue weighted by atomic mass is 35.5. The minimum atomic E-state index is -0.467. The van der Waals surface area contributed by atoms with Crippen LogP contribution >= 0.6 is 23.2 Å². The number of hydrogen-bond donors (Lipinski definition) is 1. The van der Waals surface area contributed by atoms with E-state index in [1.165, 1.54) is 12.1 Å². The molecular weight excluding hydrogens is 298 g/mol. The molecule has 0 saturated heterocycles. The van der Waals surface area contributed by atoms with Crippen LogP contribution in [0.15, 0.2) is 36.5 Å². The van der Waals surface area contributed by atoms with Crippen LogP contribution in [-0.2, 0) is 0 Å². The molecule has 106 valence electrons. The lowest BCUT2D eigenvalue weighted by Gasteiger charge is -2.21. The average Bonchev–Trinajstić information content (AvgIpc) is 2.43. The Kier molecular flexibility index (Phi) is 4.97. The summed E-state index contributed by atoms with van der Waals surface area (Å²) in [6.07, 6.45) is 1.74. The molecule has 2 aromatic rings. The standard InChI is InChI=1S/C15H15Cl2FN2/c1-9(11-7-14(18)13(17)8-12(11)16)20-10(2)15-5-3-4-6-19-15/h3-10,20H,1-2H3/t9?,10-/m1/s1. The normalized spacial score (nSPS) is 14.1. The molecule has 0 amide bonds. The molecule has 2 rings (SSSR count). The van der Waals surface area contributed by atoms with Crippen molar-refractivity contribution in [3.8, 4) is 0 Å². The third kappa shape index (κ3) is 3.48. The van der Waals surface area contributed by atoms with Gasteiger partial charge in [-0.15, -0.1) is 0 Å². The molecule has 0 saturated carbocycles. The molecule has 1 unspecified atom stereocenters. The molecule has 0 spiro atoms. The molecule has 20 heavy (non-hydrogen) atoms. The molecule has 0 fully saturated rings. The van der Waals surface area contributed by atoms with Crippen molar-refractivity contribution in [2.24, 2.45) is 0 Å². The Morgan fingerprint density at radius 2 is 1.85 bits per heavy atom. The minimum Gasteiger partial charge on any atom is -0.302 e. The zero-order chi connectivity index (χ0) is 14.7. The van der Waals surface area contributed by atoms with Gasteiger partial charge in [-0.25, -0.2) is 4.39 Å². The predicted octanol–water partition coefficient (Wildman–Crippen LogP) is 4.94. The number of halogens is 3. The number of nitrogens with one attached hydrogen (secondary N) is 1. The largest absolute Gasteiger partial charge is 0.302 e. The highest BCUT2D eigenvalue weighted by molar-refractivity contribution is 6.35. The summed E-state index contributed by atoms with van der Waals surface area (Å²) in [5.74, 6) is -0.467. The Balaban J connectivity index is 2.16. The van der Waals surface area contributed by atoms with Crippen molar-refractivity contribution in [3.63, 3.8) is 0 Å². The summed E-state index contributed by atoms with van der Waals surface area (Å²) >= 11 is 11.8. The molecule has 0 radical (unpaired) electrons. The molecule has 1 aromatic heterocycles. The molecule has 1 heterocycles. The lowest BCUT2D eigenvalue weighted by Crippen LogP contribution is -2.23. The van der Waals surface area contributed by atoms with E-state index in [9.17, 15) is 4.39 Å². The predicted molar refractivity (Wildman–Crippen MR) is 80.6 cm³/mol. The first kappa shape index (κ1) is 15.2. The van der Waals surface area contributed by atoms with Crippen molar-refractivity contribution in [1.82, 2.24) is 10.3 Å². The van der Waals surface area contributed by atoms with Crippen LogP contribution in [-0.4, -0.2) is 4.98 Å². The number of rotatable bonds is 4. The lowest BCUT2D eigenvalue weighted by molar-refractivity contribution is 0.484. The van der Waals surface area contributed by atoms with Gasteiger partial charge in [0, 0.05) is 23.3 Å². The van der Waals surface area contributed by atoms with Gasteiger partial charge in [-0.05, 0) is 43.7 Å². The Morgan fingerprint density at radius 1 is 1.10 bits per heavy atom. The fourth-order valence-electron chi connectivity index (χ4n) is 2.05. The summed E-state index contributed by atoms with van der Waals surface area (Å²) in [5.41, 5.74) is 1.60. The van der Waals surface area contributed by atoms with E-state index >= 15 is 0 Å². The average molecular weight is 313 g/mol. The van der Waals surface area contributed by atoms with Crippen molar-refractivity contribution in [3.05, 3.63) is 63.6 Å². The van der Waals surface area contributed by atoms with Crippen LogP contribution in [0.2, 0.25) is 10.0 Å². The zero-order valence-electron chi connectivity index (χ0n) is 11.2. The second-order valence-corrected chi connectivity index (χ2v) is 5.47. The molecule has 2 atom stereocenters. The van der Waals surface area contributed by atoms with Crippen LogP contribution in [0.3, 0.4) is 0 Å². The van der Waals surface area contributed by atoms with E-state index in [0.29, 0.717) is 10.6 Å². The number of pyridine rings is 1. The van der Waals surface area contributed by atoms with Gasteiger partial charge >= 0.3 is 0 Å². The van der Waals surface area contributed by atoms with Gasteiger partial charge in [0.2, 0.25) is 0 Å². The maximum absolute atomic E-state index is 13.5. The van der Waals surface area contributed by atoms with Crippen LogP contribution in [0.4, 0.5) is 4.39 Å². The summed E-state index contributed by atoms with van der Waals surface area (Å²) in [6.45, 7) is 3.92. The summed E-state index contributed by atoms with van der Waals surface area (Å²) < 4.78 is 13.5. The fourth-order valence-corrected chi connectivity index (χ4v) is 2.60. The van der Waals surface area contributed by atoms with Crippen molar-refractivity contribution >= 4 is 23.2 Å². The maximum Gasteiger partial charge on any atom is 0.142 e. The van der Waals surface area contributed by atoms with Crippen molar-refractivity contribution < 1.29 is 4.39 Å². The molecule has 0 aliphatic rings. The quantitative estimate of drug-likeness (QED) is 0.809. The maximum atomic E-state index is 13.5. The second-order valence-electron chi connectivity index (χ2n) is 4.65. The first-order chi connectivity index (χ1) is 9.49. The number of benzene rings is 1. The third-order valence-electron chi connectivity index (χ3n) is 3.14. The fraction of sp³-hybridized carbons (Fsp3) is 0.267. The van der Waals surface area contributed by atoms with Gasteiger partial charge in [0.25, 0.3) is 0 Å². The van der Waals surface area contributed by atoms with E-state index < -0.39 is 5.82 Å². The second kappa shape index (κ2) is 6.53. The van der Waals surface area contributed by atoms with E-state index in [1.54, 1.807) is 6.20 Å². The molecule has 0 aliphatic carbocycles. The van der Waals surface area contributed by atoms with Gasteiger partial charge in [0.15, 0.2) is 0 Å². The van der Waals surface area contributed by atoms with Crippen molar-refractivity contribution in [2.75, 3.05) is 0 Å². The summed E-state index contributed by atoms with van der Waals surface area (Å²) in [7, 11) is 0. The number of hydrogen-bond acceptors (Lipinski definition) is 2. The highest BCUT2D eigenvalue weighted by Gasteiger charge is 2.16. The Labute approximate surface area is 127 Å². The van der Waals surface area contributed by atoms with Crippen molar-refractivity contribution in [2.45, 2.75) is 25.9 Å². The monoisotopic (exact) mass is 312 g/mol. The van der Waals surface area contributed by atoms with E-state index in [-0.39, 0.29) is 17.1 Å². The first-order valence-electron chi connectivity index (χ1n) is 6.30. The Bertz CT molecular complexity index is 590. The number of aromatic nitrogens is 1. The van der Waals surface area contributed by atoms with Gasteiger partial charge < -0.3 is 5.32 Å². The van der Waals surface area contributed by atoms with Crippen LogP contribution in [0.5, 0.6) is 0 Å². The molecule has 5 heteroatoms. The topological polar surface area (TPSA) is 24.9 Å². The molecule has 1 aromatic carbocycles. The molecule has 0 bridgehead atoms. The van der Waals surface area contributed by atoms with Gasteiger partial charge in [0.05, 0.1) is 10.7 Å². The third-order valence-corrected chi connectivity index (χ3v) is 3.75. The lowest BCUT2D eigenvalue weighted by atomic mass is 10.1. The Hall–Kier alpha value is -1.16. The van der Waals surface area contributed by atoms with E-state index in [2.05, 4.69) is 10.3 Å². The first-order valence-corrected chi connectivity index (χ1v) is 7.06. The van der Waals surface area contributed by atoms with E-state index in [4.69, 9.17) is 23.2 Å². The molecule has 2 nitrogen and oxygen atoms in total. The van der Waals surface area contributed by atoms with E-state index in [1.807, 2.05) is 32.0 Å². The zero-order valence-corrected chi connectivity index (χ0v) is 12.7. The van der Waals surface area contributed by atoms with Gasteiger partial charge in [-0.3, -0.25) is 4.98 Å². The van der Waals surface area contributed by atoms with Gasteiger partial charge in [0.1, 0.15) is 5.82 Å². The van der Waals surface area contributed by atoms with Crippen LogP contribution in [0.1, 0.15) is 37.2 Å². The van der Waals surface area contributed by atoms with Crippen LogP contribution < -0.4 is 5.32 Å².